The molecule has 0 aromatic rings. The summed E-state index contributed by atoms with van der Waals surface area (Å²) >= 11 is 0. The molecule has 0 fully saturated rings. The standard InChI is InChI=1S/C5H10N4O2.ClH/c1-3(8-9-7)4(6)5(10)11-2;/h3-4H,6H2,1-2H3;1H/t3-,4+;/m1./s1. The fourth-order valence-electron chi connectivity index (χ4n) is 0.486. The van der Waals surface area contributed by atoms with Crippen LogP contribution in [0.25, 0.3) is 10.4 Å². The lowest BCUT2D eigenvalue weighted by atomic mass is 10.2. The van der Waals surface area contributed by atoms with Crippen LogP contribution in [0.5, 0.6) is 0 Å². The molecule has 0 spiro atoms. The lowest BCUT2D eigenvalue weighted by molar-refractivity contribution is -0.142. The number of carbonyl (C=O) groups is 1. The van der Waals surface area contributed by atoms with Gasteiger partial charge >= 0.3 is 5.97 Å². The molecule has 0 aliphatic rings. The molecule has 0 radical (unpaired) electrons. The fraction of sp³-hybridized carbons (Fsp3) is 0.800. The molecule has 2 N–H and O–H groups in total. The maximum atomic E-state index is 10.7. The first-order valence-electron chi connectivity index (χ1n) is 3.01. The monoisotopic (exact) mass is 194 g/mol. The largest absolute Gasteiger partial charge is 0.468 e. The first-order chi connectivity index (χ1) is 5.13. The topological polar surface area (TPSA) is 101 Å². The summed E-state index contributed by atoms with van der Waals surface area (Å²) in [5, 5.41) is 3.25. The van der Waals surface area contributed by atoms with Gasteiger partial charge in [-0.2, -0.15) is 0 Å². The zero-order valence-corrected chi connectivity index (χ0v) is 7.61. The van der Waals surface area contributed by atoms with Gasteiger partial charge in [0.15, 0.2) is 0 Å². The number of ether oxygens (including phenoxy) is 1. The van der Waals surface area contributed by atoms with Crippen molar-refractivity contribution in [3.63, 3.8) is 0 Å². The van der Waals surface area contributed by atoms with Gasteiger partial charge in [-0.05, 0) is 5.53 Å². The summed E-state index contributed by atoms with van der Waals surface area (Å²) in [6.07, 6.45) is 0. The highest BCUT2D eigenvalue weighted by Crippen LogP contribution is 1.97. The number of nitrogens with zero attached hydrogens (tertiary/aromatic N) is 3. The Labute approximate surface area is 76.1 Å². The molecule has 0 saturated heterocycles. The third-order valence-electron chi connectivity index (χ3n) is 1.23. The van der Waals surface area contributed by atoms with Gasteiger partial charge in [0.25, 0.3) is 0 Å². The molecule has 0 aromatic heterocycles. The first kappa shape index (κ1) is 13.6. The van der Waals surface area contributed by atoms with Crippen LogP contribution >= 0.6 is 12.4 Å². The van der Waals surface area contributed by atoms with Crippen molar-refractivity contribution < 1.29 is 9.53 Å². The average molecular weight is 195 g/mol. The van der Waals surface area contributed by atoms with Gasteiger partial charge in [0.05, 0.1) is 13.2 Å². The third-order valence-corrected chi connectivity index (χ3v) is 1.23. The van der Waals surface area contributed by atoms with E-state index in [9.17, 15) is 4.79 Å². The summed E-state index contributed by atoms with van der Waals surface area (Å²) in [6.45, 7) is 1.54. The Kier molecular flexibility index (Phi) is 7.62. The van der Waals surface area contributed by atoms with E-state index >= 15 is 0 Å². The second-order valence-corrected chi connectivity index (χ2v) is 1.99. The molecule has 12 heavy (non-hydrogen) atoms. The number of methoxy groups -OCH3 is 1. The van der Waals surface area contributed by atoms with Crippen LogP contribution in [0.2, 0.25) is 0 Å². The minimum Gasteiger partial charge on any atom is -0.468 e. The van der Waals surface area contributed by atoms with Crippen LogP contribution in [0.4, 0.5) is 0 Å². The molecule has 6 nitrogen and oxygen atoms in total. The molecule has 0 unspecified atom stereocenters. The van der Waals surface area contributed by atoms with Crippen molar-refractivity contribution in [2.24, 2.45) is 10.8 Å². The van der Waals surface area contributed by atoms with E-state index in [0.29, 0.717) is 0 Å². The average Bonchev–Trinajstić information content (AvgIpc) is 2.02. The molecule has 7 heteroatoms. The van der Waals surface area contributed by atoms with Crippen molar-refractivity contribution in [1.82, 2.24) is 0 Å². The highest BCUT2D eigenvalue weighted by Gasteiger charge is 2.19. The van der Waals surface area contributed by atoms with E-state index in [1.165, 1.54) is 7.11 Å². The number of hydrogen-bond donors (Lipinski definition) is 1. The maximum absolute atomic E-state index is 10.7. The zero-order valence-electron chi connectivity index (χ0n) is 6.80. The highest BCUT2D eigenvalue weighted by molar-refractivity contribution is 5.85. The molecule has 70 valence electrons. The number of halogens is 1. The van der Waals surface area contributed by atoms with E-state index < -0.39 is 18.1 Å². The Hall–Kier alpha value is -0.970. The molecule has 0 heterocycles. The van der Waals surface area contributed by atoms with E-state index in [1.54, 1.807) is 6.92 Å². The number of carbonyl (C=O) groups excluding carboxylic acids is 1. The second-order valence-electron chi connectivity index (χ2n) is 1.99. The number of azide groups is 1. The van der Waals surface area contributed by atoms with Crippen LogP contribution in [0, 0.1) is 0 Å². The molecule has 0 saturated carbocycles. The maximum Gasteiger partial charge on any atom is 0.323 e. The van der Waals surface area contributed by atoms with Crippen molar-refractivity contribution in [2.45, 2.75) is 19.0 Å². The SMILES string of the molecule is COC(=O)[C@@H](N)[C@@H](C)N=[N+]=[N-].Cl. The van der Waals surface area contributed by atoms with Crippen LogP contribution in [0.3, 0.4) is 0 Å². The van der Waals surface area contributed by atoms with Gasteiger partial charge in [0.2, 0.25) is 0 Å². The summed E-state index contributed by atoms with van der Waals surface area (Å²) in [4.78, 5) is 13.2. The Morgan fingerprint density at radius 2 is 2.25 bits per heavy atom. The summed E-state index contributed by atoms with van der Waals surface area (Å²) in [6, 6.07) is -1.46. The third kappa shape index (κ3) is 4.02. The predicted molar refractivity (Wildman–Crippen MR) is 45.8 cm³/mol. The summed E-state index contributed by atoms with van der Waals surface area (Å²) in [5.74, 6) is -0.579. The van der Waals surface area contributed by atoms with Gasteiger partial charge in [0.1, 0.15) is 6.04 Å². The Bertz CT molecular complexity index is 192. The molecule has 2 atom stereocenters. The Balaban J connectivity index is 0. The quantitative estimate of drug-likeness (QED) is 0.308. The second kappa shape index (κ2) is 6.72. The molecule has 0 bridgehead atoms. The summed E-state index contributed by atoms with van der Waals surface area (Å²) in [5.41, 5.74) is 13.3. The Morgan fingerprint density at radius 3 is 2.58 bits per heavy atom. The lowest BCUT2D eigenvalue weighted by Gasteiger charge is -2.11. The number of hydrogen-bond acceptors (Lipinski definition) is 4. The van der Waals surface area contributed by atoms with E-state index in [4.69, 9.17) is 11.3 Å². The van der Waals surface area contributed by atoms with Crippen LogP contribution < -0.4 is 5.73 Å². The zero-order chi connectivity index (χ0) is 8.85. The predicted octanol–water partition coefficient (Wildman–Crippen LogP) is 0.607. The van der Waals surface area contributed by atoms with E-state index in [-0.39, 0.29) is 12.4 Å². The van der Waals surface area contributed by atoms with Crippen molar-refractivity contribution in [2.75, 3.05) is 7.11 Å². The van der Waals surface area contributed by atoms with Gasteiger partial charge in [-0.3, -0.25) is 4.79 Å². The smallest absolute Gasteiger partial charge is 0.323 e. The normalized spacial score (nSPS) is 13.2. The van der Waals surface area contributed by atoms with Crippen molar-refractivity contribution in [3.05, 3.63) is 10.4 Å². The van der Waals surface area contributed by atoms with Gasteiger partial charge < -0.3 is 10.5 Å². The van der Waals surface area contributed by atoms with Gasteiger partial charge in [-0.1, -0.05) is 12.0 Å². The minimum atomic E-state index is -0.879. The van der Waals surface area contributed by atoms with Gasteiger partial charge in [-0.15, -0.1) is 12.4 Å². The summed E-state index contributed by atoms with van der Waals surface area (Å²) in [7, 11) is 1.23. The highest BCUT2D eigenvalue weighted by atomic mass is 35.5. The van der Waals surface area contributed by atoms with Crippen LogP contribution in [0.15, 0.2) is 5.11 Å². The van der Waals surface area contributed by atoms with Crippen molar-refractivity contribution >= 4 is 18.4 Å². The van der Waals surface area contributed by atoms with Gasteiger partial charge in [-0.25, -0.2) is 0 Å². The van der Waals surface area contributed by atoms with Crippen molar-refractivity contribution in [1.29, 1.82) is 0 Å². The van der Waals surface area contributed by atoms with Gasteiger partial charge in [0, 0.05) is 4.91 Å². The molecule has 0 aliphatic carbocycles. The Morgan fingerprint density at radius 1 is 1.75 bits per heavy atom. The van der Waals surface area contributed by atoms with E-state index in [1.807, 2.05) is 0 Å². The number of nitrogens with two attached hydrogens (primary N) is 1. The molecule has 0 aliphatic heterocycles. The molecule has 0 amide bonds. The van der Waals surface area contributed by atoms with E-state index in [2.05, 4.69) is 14.8 Å². The first-order valence-corrected chi connectivity index (χ1v) is 3.01. The molecule has 0 rings (SSSR count). The van der Waals surface area contributed by atoms with Crippen LogP contribution in [0.1, 0.15) is 6.92 Å². The lowest BCUT2D eigenvalue weighted by Crippen LogP contribution is -2.39. The fourth-order valence-corrected chi connectivity index (χ4v) is 0.486. The molecular weight excluding hydrogens is 184 g/mol. The minimum absolute atomic E-state index is 0. The van der Waals surface area contributed by atoms with Crippen LogP contribution in [-0.4, -0.2) is 25.2 Å². The number of esters is 1. The van der Waals surface area contributed by atoms with E-state index in [0.717, 1.165) is 0 Å². The van der Waals surface area contributed by atoms with Crippen molar-refractivity contribution in [3.8, 4) is 0 Å². The number of rotatable bonds is 3. The summed E-state index contributed by atoms with van der Waals surface area (Å²) < 4.78 is 4.33. The molecule has 0 aromatic carbocycles. The molecular formula is C5H11ClN4O2. The van der Waals surface area contributed by atoms with Crippen LogP contribution in [-0.2, 0) is 9.53 Å².